The average Bonchev–Trinajstić information content (AvgIpc) is 2.57. The summed E-state index contributed by atoms with van der Waals surface area (Å²) >= 11 is 0. The fourth-order valence-corrected chi connectivity index (χ4v) is 2.62. The Kier molecular flexibility index (Phi) is 3.78. The summed E-state index contributed by atoms with van der Waals surface area (Å²) < 4.78 is 5.79. The van der Waals surface area contributed by atoms with Crippen molar-refractivity contribution in [3.8, 4) is 5.75 Å². The number of anilines is 2. The van der Waals surface area contributed by atoms with Crippen molar-refractivity contribution in [2.24, 2.45) is 0 Å². The van der Waals surface area contributed by atoms with Gasteiger partial charge in [-0.1, -0.05) is 30.3 Å². The minimum atomic E-state index is -1.60. The number of nitrogens with one attached hydrogen (secondary N) is 1. The third kappa shape index (κ3) is 2.54. The number of carbonyl (C=O) groups excluding carboxylic acids is 2. The van der Waals surface area contributed by atoms with Crippen molar-refractivity contribution in [2.45, 2.75) is 19.4 Å². The Morgan fingerprint density at radius 3 is 2.48 bits per heavy atom. The summed E-state index contributed by atoms with van der Waals surface area (Å²) in [5, 5.41) is 2.75. The molecule has 0 spiro atoms. The Hall–Kier alpha value is -2.82. The summed E-state index contributed by atoms with van der Waals surface area (Å²) in [5.74, 6) is -0.360. The lowest BCUT2D eigenvalue weighted by Gasteiger charge is -2.36. The van der Waals surface area contributed by atoms with Crippen LogP contribution in [0, 0.1) is 0 Å². The summed E-state index contributed by atoms with van der Waals surface area (Å²) in [6.45, 7) is 3.81. The number of fused-ring (bicyclic) bond motifs is 1. The molecule has 2 amide bonds. The lowest BCUT2D eigenvalue weighted by Crippen LogP contribution is -2.59. The zero-order valence-corrected chi connectivity index (χ0v) is 13.1. The molecule has 1 atom stereocenters. The first kappa shape index (κ1) is 15.1. The molecule has 0 aromatic heterocycles. The van der Waals surface area contributed by atoms with E-state index in [4.69, 9.17) is 4.74 Å². The monoisotopic (exact) mass is 310 g/mol. The zero-order chi connectivity index (χ0) is 16.4. The molecule has 5 heteroatoms. The molecular weight excluding hydrogens is 292 g/mol. The summed E-state index contributed by atoms with van der Waals surface area (Å²) in [4.78, 5) is 27.0. The zero-order valence-electron chi connectivity index (χ0n) is 13.1. The first-order valence-corrected chi connectivity index (χ1v) is 7.53. The summed E-state index contributed by atoms with van der Waals surface area (Å²) in [7, 11) is 0. The maximum absolute atomic E-state index is 13.0. The Morgan fingerprint density at radius 1 is 1.13 bits per heavy atom. The number of benzene rings is 2. The molecule has 1 N–H and O–H groups in total. The van der Waals surface area contributed by atoms with Crippen LogP contribution in [0.2, 0.25) is 0 Å². The predicted molar refractivity (Wildman–Crippen MR) is 88.6 cm³/mol. The Balaban J connectivity index is 1.96. The molecule has 1 aliphatic heterocycles. The molecule has 0 saturated heterocycles. The molecule has 1 heterocycles. The molecule has 2 aromatic rings. The van der Waals surface area contributed by atoms with Gasteiger partial charge < -0.3 is 15.0 Å². The maximum atomic E-state index is 13.0. The number of hydrogen-bond acceptors (Lipinski definition) is 3. The van der Waals surface area contributed by atoms with Gasteiger partial charge in [-0.2, -0.15) is 0 Å². The van der Waals surface area contributed by atoms with E-state index in [9.17, 15) is 9.59 Å². The molecule has 2 aromatic carbocycles. The standard InChI is InChI=1S/C18H18N2O3/c1-3-20(13-9-5-4-6-10-13)17(22)18(2)16(21)19-14-11-7-8-12-15(14)23-18/h4-12H,3H2,1-2H3,(H,19,21). The van der Waals surface area contributed by atoms with E-state index in [2.05, 4.69) is 5.32 Å². The molecule has 118 valence electrons. The second-order valence-electron chi connectivity index (χ2n) is 5.47. The van der Waals surface area contributed by atoms with E-state index in [1.807, 2.05) is 37.3 Å². The Labute approximate surface area is 134 Å². The highest BCUT2D eigenvalue weighted by molar-refractivity contribution is 6.19. The SMILES string of the molecule is CCN(C(=O)C1(C)Oc2ccccc2NC1=O)c1ccccc1. The molecule has 1 aliphatic rings. The molecule has 5 nitrogen and oxygen atoms in total. The maximum Gasteiger partial charge on any atom is 0.280 e. The van der Waals surface area contributed by atoms with Crippen LogP contribution in [0.1, 0.15) is 13.8 Å². The van der Waals surface area contributed by atoms with Crippen molar-refractivity contribution in [1.29, 1.82) is 0 Å². The normalized spacial score (nSPS) is 19.3. The van der Waals surface area contributed by atoms with Crippen LogP contribution in [0.4, 0.5) is 11.4 Å². The van der Waals surface area contributed by atoms with Crippen molar-refractivity contribution in [1.82, 2.24) is 0 Å². The third-order valence-electron chi connectivity index (χ3n) is 3.92. The number of para-hydroxylation sites is 3. The number of rotatable bonds is 3. The van der Waals surface area contributed by atoms with E-state index in [1.165, 1.54) is 6.92 Å². The van der Waals surface area contributed by atoms with Gasteiger partial charge in [0.15, 0.2) is 0 Å². The van der Waals surface area contributed by atoms with Crippen LogP contribution in [-0.4, -0.2) is 24.0 Å². The highest BCUT2D eigenvalue weighted by atomic mass is 16.5. The van der Waals surface area contributed by atoms with Crippen LogP contribution in [0.5, 0.6) is 5.75 Å². The molecule has 23 heavy (non-hydrogen) atoms. The van der Waals surface area contributed by atoms with Gasteiger partial charge in [0, 0.05) is 12.2 Å². The number of nitrogens with zero attached hydrogens (tertiary/aromatic N) is 1. The van der Waals surface area contributed by atoms with Gasteiger partial charge in [0.25, 0.3) is 17.4 Å². The smallest absolute Gasteiger partial charge is 0.280 e. The molecule has 3 rings (SSSR count). The van der Waals surface area contributed by atoms with E-state index in [0.717, 1.165) is 5.69 Å². The molecule has 0 fully saturated rings. The van der Waals surface area contributed by atoms with Crippen LogP contribution in [-0.2, 0) is 9.59 Å². The summed E-state index contributed by atoms with van der Waals surface area (Å²) in [6, 6.07) is 16.3. The predicted octanol–water partition coefficient (Wildman–Crippen LogP) is 2.83. The molecule has 1 unspecified atom stereocenters. The van der Waals surface area contributed by atoms with Gasteiger partial charge in [-0.15, -0.1) is 0 Å². The minimum Gasteiger partial charge on any atom is -0.465 e. The van der Waals surface area contributed by atoms with Gasteiger partial charge in [0.2, 0.25) is 0 Å². The van der Waals surface area contributed by atoms with E-state index in [1.54, 1.807) is 29.2 Å². The fraction of sp³-hybridized carbons (Fsp3) is 0.222. The third-order valence-corrected chi connectivity index (χ3v) is 3.92. The number of ether oxygens (including phenoxy) is 1. The van der Waals surface area contributed by atoms with Crippen LogP contribution in [0.15, 0.2) is 54.6 Å². The van der Waals surface area contributed by atoms with E-state index in [-0.39, 0.29) is 0 Å². The van der Waals surface area contributed by atoms with Crippen molar-refractivity contribution >= 4 is 23.2 Å². The van der Waals surface area contributed by atoms with Gasteiger partial charge in [-0.05, 0) is 38.1 Å². The number of carbonyl (C=O) groups is 2. The van der Waals surface area contributed by atoms with Crippen molar-refractivity contribution in [3.63, 3.8) is 0 Å². The average molecular weight is 310 g/mol. The molecular formula is C18H18N2O3. The first-order chi connectivity index (χ1) is 11.1. The second-order valence-corrected chi connectivity index (χ2v) is 5.47. The largest absolute Gasteiger partial charge is 0.465 e. The highest BCUT2D eigenvalue weighted by Gasteiger charge is 2.49. The Bertz CT molecular complexity index is 745. The van der Waals surface area contributed by atoms with Crippen LogP contribution in [0.3, 0.4) is 0 Å². The van der Waals surface area contributed by atoms with Crippen molar-refractivity contribution in [2.75, 3.05) is 16.8 Å². The topological polar surface area (TPSA) is 58.6 Å². The molecule has 0 bridgehead atoms. The molecule has 0 aliphatic carbocycles. The minimum absolute atomic E-state index is 0.391. The Morgan fingerprint density at radius 2 is 1.78 bits per heavy atom. The van der Waals surface area contributed by atoms with E-state index in [0.29, 0.717) is 18.0 Å². The van der Waals surface area contributed by atoms with Crippen molar-refractivity contribution < 1.29 is 14.3 Å². The summed E-state index contributed by atoms with van der Waals surface area (Å²) in [6.07, 6.45) is 0. The van der Waals surface area contributed by atoms with Gasteiger partial charge in [-0.3, -0.25) is 9.59 Å². The van der Waals surface area contributed by atoms with Crippen molar-refractivity contribution in [3.05, 3.63) is 54.6 Å². The van der Waals surface area contributed by atoms with Gasteiger partial charge in [0.1, 0.15) is 5.75 Å². The van der Waals surface area contributed by atoms with E-state index >= 15 is 0 Å². The highest BCUT2D eigenvalue weighted by Crippen LogP contribution is 2.34. The number of amides is 2. The molecule has 0 radical (unpaired) electrons. The van der Waals surface area contributed by atoms with Crippen LogP contribution in [0.25, 0.3) is 0 Å². The second kappa shape index (κ2) is 5.76. The summed E-state index contributed by atoms with van der Waals surface area (Å²) in [5.41, 5.74) is -0.290. The quantitative estimate of drug-likeness (QED) is 0.887. The van der Waals surface area contributed by atoms with Crippen LogP contribution < -0.4 is 15.0 Å². The van der Waals surface area contributed by atoms with Gasteiger partial charge >= 0.3 is 0 Å². The van der Waals surface area contributed by atoms with Gasteiger partial charge in [0.05, 0.1) is 5.69 Å². The van der Waals surface area contributed by atoms with E-state index < -0.39 is 17.4 Å². The van der Waals surface area contributed by atoms with Gasteiger partial charge in [-0.25, -0.2) is 0 Å². The van der Waals surface area contributed by atoms with Crippen LogP contribution >= 0.6 is 0 Å². The fourth-order valence-electron chi connectivity index (χ4n) is 2.62. The number of hydrogen-bond donors (Lipinski definition) is 1. The first-order valence-electron chi connectivity index (χ1n) is 7.53. The lowest BCUT2D eigenvalue weighted by molar-refractivity contribution is -0.144. The lowest BCUT2D eigenvalue weighted by atomic mass is 10.00. The molecule has 0 saturated carbocycles. The number of likely N-dealkylation sites (N-methyl/N-ethyl adjacent to an activating group) is 1.